The minimum absolute atomic E-state index is 0.0126. The number of amides is 2. The standard InChI is InChI=1S/C56H69N5O12S3/c1-34-11-15-42(16-12-34)75(64,65)70-30-39-23-41-28-57-48(36(3)44(41)24-39)69-33-56(21-22-56)61(52(63)73-54(8,9)10)29-38-13-17-43(18-14-38)76(66,67)71-31-40-25-45-37(4)49(59-47(46(45)26-40)50-58-27-35(2)74-50)68-32-55(19-20-55)60-51(62)72-53(5,6)7/h11-18,27-28,39-40H,19-26,29-33H2,1-10H3,(H,60,62). The van der Waals surface area contributed by atoms with Crippen LogP contribution in [0.25, 0.3) is 10.7 Å². The lowest BCUT2D eigenvalue weighted by atomic mass is 10.0. The zero-order valence-corrected chi connectivity index (χ0v) is 47.5. The number of nitrogens with zero attached hydrogens (tertiary/aromatic N) is 4. The Hall–Kier alpha value is -5.67. The molecule has 3 heterocycles. The molecule has 9 rings (SSSR count). The predicted molar refractivity (Wildman–Crippen MR) is 286 cm³/mol. The quantitative estimate of drug-likeness (QED) is 0.0763. The molecule has 2 unspecified atom stereocenters. The first-order valence-corrected chi connectivity index (χ1v) is 29.5. The Bertz CT molecular complexity index is 3230. The van der Waals surface area contributed by atoms with Gasteiger partial charge in [-0.1, -0.05) is 29.8 Å². The summed E-state index contributed by atoms with van der Waals surface area (Å²) in [6, 6.07) is 12.9. The number of hydrogen-bond donors (Lipinski definition) is 1. The maximum absolute atomic E-state index is 14.0. The zero-order chi connectivity index (χ0) is 54.6. The topological polar surface area (TPSA) is 212 Å². The lowest BCUT2D eigenvalue weighted by Gasteiger charge is -2.34. The largest absolute Gasteiger partial charge is 0.475 e. The second kappa shape index (κ2) is 20.9. The third kappa shape index (κ3) is 12.8. The van der Waals surface area contributed by atoms with Gasteiger partial charge in [0.15, 0.2) is 0 Å². The molecule has 2 aromatic carbocycles. The van der Waals surface area contributed by atoms with E-state index in [9.17, 15) is 26.4 Å². The van der Waals surface area contributed by atoms with Crippen molar-refractivity contribution in [1.29, 1.82) is 0 Å². The Morgan fingerprint density at radius 1 is 0.684 bits per heavy atom. The molecule has 20 heteroatoms. The van der Waals surface area contributed by atoms with Crippen LogP contribution < -0.4 is 14.8 Å². The molecule has 408 valence electrons. The van der Waals surface area contributed by atoms with Gasteiger partial charge in [-0.2, -0.15) is 16.8 Å². The van der Waals surface area contributed by atoms with Gasteiger partial charge in [-0.05, 0) is 185 Å². The molecule has 0 spiro atoms. The molecule has 4 aliphatic rings. The molecule has 3 aromatic heterocycles. The summed E-state index contributed by atoms with van der Waals surface area (Å²) in [4.78, 5) is 43.7. The number of aromatic nitrogens is 3. The first-order chi connectivity index (χ1) is 35.7. The first-order valence-electron chi connectivity index (χ1n) is 25.8. The van der Waals surface area contributed by atoms with Gasteiger partial charge >= 0.3 is 12.2 Å². The van der Waals surface area contributed by atoms with Crippen LogP contribution in [0, 0.1) is 39.5 Å². The summed E-state index contributed by atoms with van der Waals surface area (Å²) in [6.45, 7) is 19.1. The predicted octanol–water partition coefficient (Wildman–Crippen LogP) is 9.86. The van der Waals surface area contributed by atoms with Gasteiger partial charge in [0.25, 0.3) is 20.2 Å². The second-order valence-electron chi connectivity index (χ2n) is 23.1. The molecule has 1 N–H and O–H groups in total. The average molecular weight is 1100 g/mol. The van der Waals surface area contributed by atoms with E-state index in [0.717, 1.165) is 61.7 Å². The summed E-state index contributed by atoms with van der Waals surface area (Å²) in [7, 11) is -8.10. The molecule has 2 atom stereocenters. The van der Waals surface area contributed by atoms with Crippen LogP contribution in [0.4, 0.5) is 9.59 Å². The average Bonchev–Trinajstić information content (AvgIpc) is 4.10. The molecule has 5 aromatic rings. The smallest absolute Gasteiger partial charge is 0.411 e. The molecule has 2 saturated carbocycles. The van der Waals surface area contributed by atoms with Gasteiger partial charge < -0.3 is 24.3 Å². The molecule has 0 saturated heterocycles. The molecule has 0 radical (unpaired) electrons. The van der Waals surface area contributed by atoms with Crippen molar-refractivity contribution in [2.45, 2.75) is 159 Å². The monoisotopic (exact) mass is 1100 g/mol. The van der Waals surface area contributed by atoms with Crippen molar-refractivity contribution < 1.29 is 53.7 Å². The number of fused-ring (bicyclic) bond motifs is 2. The number of rotatable bonds is 19. The number of thiazole rings is 1. The summed E-state index contributed by atoms with van der Waals surface area (Å²) >= 11 is 1.52. The third-order valence-corrected chi connectivity index (χ3v) is 17.8. The maximum atomic E-state index is 14.0. The van der Waals surface area contributed by atoms with Gasteiger partial charge in [0.05, 0.1) is 34.1 Å². The Labute approximate surface area is 450 Å². The van der Waals surface area contributed by atoms with Crippen molar-refractivity contribution in [2.75, 3.05) is 26.4 Å². The van der Waals surface area contributed by atoms with Crippen molar-refractivity contribution in [3.8, 4) is 22.5 Å². The molecule has 2 amide bonds. The summed E-state index contributed by atoms with van der Waals surface area (Å²) in [6.07, 6.45) is 7.66. The minimum atomic E-state index is -4.19. The Balaban J connectivity index is 0.833. The Kier molecular flexibility index (Phi) is 15.2. The van der Waals surface area contributed by atoms with Crippen molar-refractivity contribution >= 4 is 43.8 Å². The number of alkyl carbamates (subject to hydrolysis) is 1. The maximum Gasteiger partial charge on any atom is 0.411 e. The lowest BCUT2D eigenvalue weighted by molar-refractivity contribution is 0.00368. The van der Waals surface area contributed by atoms with Crippen molar-refractivity contribution in [2.24, 2.45) is 11.8 Å². The highest BCUT2D eigenvalue weighted by Crippen LogP contribution is 2.45. The van der Waals surface area contributed by atoms with Crippen LogP contribution >= 0.6 is 11.3 Å². The van der Waals surface area contributed by atoms with E-state index >= 15 is 0 Å². The van der Waals surface area contributed by atoms with E-state index in [-0.39, 0.29) is 54.6 Å². The SMILES string of the molecule is Cc1ccc(S(=O)(=O)OCC2Cc3cnc(OCC4(N(Cc5ccc(S(=O)(=O)OCC6Cc7c(-c8ncc(C)s8)nc(OCC8(NC(=O)OC(C)(C)C)CC8)c(C)c7C6)cc5)C(=O)OC(C)(C)C)CC4)c(C)c3C2)cc1. The highest BCUT2D eigenvalue weighted by Gasteiger charge is 2.53. The van der Waals surface area contributed by atoms with E-state index in [1.54, 1.807) is 74.5 Å². The Morgan fingerprint density at radius 3 is 1.83 bits per heavy atom. The molecule has 17 nitrogen and oxygen atoms in total. The van der Waals surface area contributed by atoms with Gasteiger partial charge in [-0.15, -0.1) is 11.3 Å². The van der Waals surface area contributed by atoms with Gasteiger partial charge in [0.1, 0.15) is 35.1 Å². The highest BCUT2D eigenvalue weighted by molar-refractivity contribution is 7.87. The van der Waals surface area contributed by atoms with Gasteiger partial charge in [-0.25, -0.2) is 24.5 Å². The number of carbonyl (C=O) groups excluding carboxylic acids is 2. The van der Waals surface area contributed by atoms with Gasteiger partial charge in [-0.3, -0.25) is 13.3 Å². The van der Waals surface area contributed by atoms with Crippen LogP contribution in [0.3, 0.4) is 0 Å². The Morgan fingerprint density at radius 2 is 1.25 bits per heavy atom. The van der Waals surface area contributed by atoms with Gasteiger partial charge in [0.2, 0.25) is 11.8 Å². The number of nitrogens with one attached hydrogen (secondary N) is 1. The van der Waals surface area contributed by atoms with E-state index in [4.69, 9.17) is 32.3 Å². The van der Waals surface area contributed by atoms with Crippen LogP contribution in [0.5, 0.6) is 11.8 Å². The summed E-state index contributed by atoms with van der Waals surface area (Å²) in [5.74, 6) is 0.647. The van der Waals surface area contributed by atoms with Crippen LogP contribution in [0.15, 0.2) is 70.7 Å². The zero-order valence-electron chi connectivity index (χ0n) is 45.0. The van der Waals surface area contributed by atoms with E-state index < -0.39 is 54.7 Å². The summed E-state index contributed by atoms with van der Waals surface area (Å²) < 4.78 is 89.0. The van der Waals surface area contributed by atoms with E-state index in [1.165, 1.54) is 23.5 Å². The second-order valence-corrected chi connectivity index (χ2v) is 27.5. The third-order valence-electron chi connectivity index (χ3n) is 14.3. The van der Waals surface area contributed by atoms with E-state index in [2.05, 4.69) is 15.3 Å². The number of aryl methyl sites for hydroxylation is 2. The molecular weight excluding hydrogens is 1030 g/mol. The van der Waals surface area contributed by atoms with Crippen LogP contribution in [0.2, 0.25) is 0 Å². The minimum Gasteiger partial charge on any atom is -0.475 e. The summed E-state index contributed by atoms with van der Waals surface area (Å²) in [5.41, 5.74) is 5.44. The van der Waals surface area contributed by atoms with Crippen LogP contribution in [-0.4, -0.2) is 97.6 Å². The first kappa shape index (κ1) is 55.1. The van der Waals surface area contributed by atoms with E-state index in [1.807, 2.05) is 48.5 Å². The van der Waals surface area contributed by atoms with Crippen LogP contribution in [0.1, 0.15) is 117 Å². The fourth-order valence-corrected chi connectivity index (χ4v) is 12.5. The normalized spacial score (nSPS) is 18.3. The molecule has 4 aliphatic carbocycles. The molecular formula is C56H69N5O12S3. The summed E-state index contributed by atoms with van der Waals surface area (Å²) in [5, 5.41) is 3.73. The molecule has 0 aliphatic heterocycles. The number of pyridine rings is 2. The van der Waals surface area contributed by atoms with Crippen LogP contribution in [-0.2, 0) is 70.3 Å². The van der Waals surface area contributed by atoms with Crippen molar-refractivity contribution in [1.82, 2.24) is 25.2 Å². The number of benzene rings is 2. The highest BCUT2D eigenvalue weighted by atomic mass is 32.2. The number of carbonyl (C=O) groups is 2. The number of hydrogen-bond acceptors (Lipinski definition) is 16. The fourth-order valence-electron chi connectivity index (χ4n) is 9.79. The van der Waals surface area contributed by atoms with Crippen molar-refractivity contribution in [3.63, 3.8) is 0 Å². The molecule has 0 bridgehead atoms. The fraction of sp³-hybridized carbons (Fsp3) is 0.518. The molecule has 2 fully saturated rings. The number of ether oxygens (including phenoxy) is 4. The van der Waals surface area contributed by atoms with Crippen molar-refractivity contribution in [3.05, 3.63) is 110 Å². The lowest BCUT2D eigenvalue weighted by Crippen LogP contribution is -2.47. The molecule has 76 heavy (non-hydrogen) atoms. The van der Waals surface area contributed by atoms with E-state index in [0.29, 0.717) is 61.5 Å². The van der Waals surface area contributed by atoms with Gasteiger partial charge in [0, 0.05) is 34.9 Å².